The Balaban J connectivity index is 2.75. The fourth-order valence-corrected chi connectivity index (χ4v) is 3.01. The van der Waals surface area contributed by atoms with E-state index in [1.54, 1.807) is 12.1 Å². The zero-order chi connectivity index (χ0) is 15.2. The maximum atomic E-state index is 12.1. The van der Waals surface area contributed by atoms with Crippen LogP contribution in [-0.4, -0.2) is 50.3 Å². The number of carboxylic acid groups (broad SMARTS) is 1. The fourth-order valence-electron chi connectivity index (χ4n) is 1.68. The molecule has 0 heterocycles. The number of hydrogen-bond acceptors (Lipinski definition) is 4. The standard InChI is InChI=1S/C13H19NO5S/c1-14(9-8-13(15)16)20(17,18)10-12(19-2)11-6-4-3-5-7-11/h3-7,12H,8-10H2,1-2H3,(H,15,16). The van der Waals surface area contributed by atoms with E-state index >= 15 is 0 Å². The first kappa shape index (κ1) is 16.6. The average molecular weight is 301 g/mol. The van der Waals surface area contributed by atoms with Crippen molar-refractivity contribution in [2.24, 2.45) is 0 Å². The molecule has 1 atom stereocenters. The minimum Gasteiger partial charge on any atom is -0.481 e. The zero-order valence-corrected chi connectivity index (χ0v) is 12.3. The lowest BCUT2D eigenvalue weighted by Gasteiger charge is -2.21. The summed E-state index contributed by atoms with van der Waals surface area (Å²) in [6, 6.07) is 9.04. The van der Waals surface area contributed by atoms with Crippen molar-refractivity contribution in [3.05, 3.63) is 35.9 Å². The maximum absolute atomic E-state index is 12.1. The highest BCUT2D eigenvalue weighted by Gasteiger charge is 2.24. The van der Waals surface area contributed by atoms with E-state index in [0.29, 0.717) is 0 Å². The van der Waals surface area contributed by atoms with Gasteiger partial charge >= 0.3 is 5.97 Å². The molecule has 0 spiro atoms. The van der Waals surface area contributed by atoms with Crippen LogP contribution < -0.4 is 0 Å². The number of hydrogen-bond donors (Lipinski definition) is 1. The van der Waals surface area contributed by atoms with Gasteiger partial charge in [-0.3, -0.25) is 4.79 Å². The highest BCUT2D eigenvalue weighted by Crippen LogP contribution is 2.19. The molecule has 1 aromatic carbocycles. The largest absolute Gasteiger partial charge is 0.481 e. The number of benzene rings is 1. The van der Waals surface area contributed by atoms with Crippen molar-refractivity contribution in [2.45, 2.75) is 12.5 Å². The number of ether oxygens (including phenoxy) is 1. The molecule has 7 heteroatoms. The molecule has 0 fully saturated rings. The fraction of sp³-hybridized carbons (Fsp3) is 0.462. The quantitative estimate of drug-likeness (QED) is 0.777. The molecule has 112 valence electrons. The second-order valence-corrected chi connectivity index (χ2v) is 6.50. The zero-order valence-electron chi connectivity index (χ0n) is 11.5. The SMILES string of the molecule is COC(CS(=O)(=O)N(C)CCC(=O)O)c1ccccc1. The van der Waals surface area contributed by atoms with Gasteiger partial charge in [0.1, 0.15) is 0 Å². The first-order chi connectivity index (χ1) is 9.36. The predicted molar refractivity (Wildman–Crippen MR) is 74.9 cm³/mol. The summed E-state index contributed by atoms with van der Waals surface area (Å²) >= 11 is 0. The second-order valence-electron chi connectivity index (χ2n) is 4.38. The number of carboxylic acids is 1. The van der Waals surface area contributed by atoms with Crippen LogP contribution in [0.15, 0.2) is 30.3 Å². The van der Waals surface area contributed by atoms with Gasteiger partial charge in [0.2, 0.25) is 10.0 Å². The molecule has 0 aliphatic carbocycles. The van der Waals surface area contributed by atoms with Crippen LogP contribution in [0.1, 0.15) is 18.1 Å². The number of methoxy groups -OCH3 is 1. The van der Waals surface area contributed by atoms with E-state index in [0.717, 1.165) is 9.87 Å². The van der Waals surface area contributed by atoms with Gasteiger partial charge < -0.3 is 9.84 Å². The van der Waals surface area contributed by atoms with Gasteiger partial charge in [-0.2, -0.15) is 0 Å². The van der Waals surface area contributed by atoms with Gasteiger partial charge in [0.05, 0.1) is 18.3 Å². The van der Waals surface area contributed by atoms with E-state index in [2.05, 4.69) is 0 Å². The van der Waals surface area contributed by atoms with Crippen LogP contribution in [0.5, 0.6) is 0 Å². The van der Waals surface area contributed by atoms with Crippen LogP contribution >= 0.6 is 0 Å². The molecule has 0 aliphatic heterocycles. The lowest BCUT2D eigenvalue weighted by atomic mass is 10.1. The Kier molecular flexibility index (Phi) is 6.12. The van der Waals surface area contributed by atoms with Crippen LogP contribution in [0.3, 0.4) is 0 Å². The van der Waals surface area contributed by atoms with Gasteiger partial charge in [0, 0.05) is 20.7 Å². The number of rotatable bonds is 8. The molecule has 20 heavy (non-hydrogen) atoms. The Morgan fingerprint density at radius 3 is 2.45 bits per heavy atom. The smallest absolute Gasteiger partial charge is 0.304 e. The van der Waals surface area contributed by atoms with E-state index in [-0.39, 0.29) is 18.7 Å². The summed E-state index contributed by atoms with van der Waals surface area (Å²) < 4.78 is 30.6. The minimum absolute atomic E-state index is 0.0527. The summed E-state index contributed by atoms with van der Waals surface area (Å²) in [5.74, 6) is -1.25. The van der Waals surface area contributed by atoms with Gasteiger partial charge in [0.15, 0.2) is 0 Å². The molecule has 1 unspecified atom stereocenters. The Labute approximate surface area is 119 Å². The van der Waals surface area contributed by atoms with Crippen molar-refractivity contribution in [3.63, 3.8) is 0 Å². The normalized spacial score (nSPS) is 13.3. The van der Waals surface area contributed by atoms with Crippen LogP contribution in [-0.2, 0) is 19.6 Å². The van der Waals surface area contributed by atoms with Gasteiger partial charge in [-0.05, 0) is 5.56 Å². The van der Waals surface area contributed by atoms with Crippen LogP contribution in [0.2, 0.25) is 0 Å². The number of carbonyl (C=O) groups is 1. The molecule has 0 bridgehead atoms. The number of sulfonamides is 1. The van der Waals surface area contributed by atoms with Gasteiger partial charge in [-0.25, -0.2) is 12.7 Å². The van der Waals surface area contributed by atoms with E-state index < -0.39 is 22.1 Å². The summed E-state index contributed by atoms with van der Waals surface area (Å²) in [4.78, 5) is 10.5. The topological polar surface area (TPSA) is 83.9 Å². The average Bonchev–Trinajstić information content (AvgIpc) is 2.43. The van der Waals surface area contributed by atoms with Crippen molar-refractivity contribution in [3.8, 4) is 0 Å². The Morgan fingerprint density at radius 1 is 1.35 bits per heavy atom. The first-order valence-corrected chi connectivity index (χ1v) is 7.71. The van der Waals surface area contributed by atoms with Crippen molar-refractivity contribution in [1.29, 1.82) is 0 Å². The minimum atomic E-state index is -3.57. The molecule has 0 aromatic heterocycles. The molecular formula is C13H19NO5S. The molecule has 1 N–H and O–H groups in total. The van der Waals surface area contributed by atoms with Crippen LogP contribution in [0.4, 0.5) is 0 Å². The molecule has 0 saturated heterocycles. The Hall–Kier alpha value is -1.44. The lowest BCUT2D eigenvalue weighted by Crippen LogP contribution is -2.33. The van der Waals surface area contributed by atoms with Crippen LogP contribution in [0, 0.1) is 0 Å². The predicted octanol–water partition coefficient (Wildman–Crippen LogP) is 1.11. The van der Waals surface area contributed by atoms with E-state index in [4.69, 9.17) is 9.84 Å². The molecule has 0 radical (unpaired) electrons. The third-order valence-electron chi connectivity index (χ3n) is 2.93. The first-order valence-electron chi connectivity index (χ1n) is 6.10. The summed E-state index contributed by atoms with van der Waals surface area (Å²) in [6.45, 7) is -0.0527. The third-order valence-corrected chi connectivity index (χ3v) is 4.79. The highest BCUT2D eigenvalue weighted by molar-refractivity contribution is 7.89. The summed E-state index contributed by atoms with van der Waals surface area (Å²) in [7, 11) is -0.751. The Bertz CT molecular complexity index is 529. The molecule has 1 aromatic rings. The summed E-state index contributed by atoms with van der Waals surface area (Å²) in [6.07, 6.45) is -0.799. The van der Waals surface area contributed by atoms with Gasteiger partial charge in [-0.15, -0.1) is 0 Å². The third kappa shape index (κ3) is 4.92. The molecule has 0 saturated carbocycles. The molecular weight excluding hydrogens is 282 g/mol. The van der Waals surface area contributed by atoms with E-state index in [1.165, 1.54) is 14.2 Å². The summed E-state index contributed by atoms with van der Waals surface area (Å²) in [5, 5.41) is 8.59. The maximum Gasteiger partial charge on any atom is 0.304 e. The molecule has 0 aliphatic rings. The van der Waals surface area contributed by atoms with Crippen molar-refractivity contribution < 1.29 is 23.1 Å². The second kappa shape index (κ2) is 7.37. The van der Waals surface area contributed by atoms with Crippen molar-refractivity contribution in [1.82, 2.24) is 4.31 Å². The Morgan fingerprint density at radius 2 is 1.95 bits per heavy atom. The van der Waals surface area contributed by atoms with Crippen molar-refractivity contribution >= 4 is 16.0 Å². The summed E-state index contributed by atoms with van der Waals surface area (Å²) in [5.41, 5.74) is 0.769. The number of aliphatic carboxylic acids is 1. The molecule has 6 nitrogen and oxygen atoms in total. The lowest BCUT2D eigenvalue weighted by molar-refractivity contribution is -0.137. The van der Waals surface area contributed by atoms with Gasteiger partial charge in [-0.1, -0.05) is 30.3 Å². The molecule has 1 rings (SSSR count). The molecule has 0 amide bonds. The number of nitrogens with zero attached hydrogens (tertiary/aromatic N) is 1. The van der Waals surface area contributed by atoms with E-state index in [9.17, 15) is 13.2 Å². The van der Waals surface area contributed by atoms with E-state index in [1.807, 2.05) is 18.2 Å². The van der Waals surface area contributed by atoms with Gasteiger partial charge in [0.25, 0.3) is 0 Å². The monoisotopic (exact) mass is 301 g/mol. The van der Waals surface area contributed by atoms with Crippen molar-refractivity contribution in [2.75, 3.05) is 26.5 Å². The van der Waals surface area contributed by atoms with Crippen LogP contribution in [0.25, 0.3) is 0 Å². The highest BCUT2D eigenvalue weighted by atomic mass is 32.2.